The van der Waals surface area contributed by atoms with Crippen molar-refractivity contribution < 1.29 is 28.6 Å². The lowest BCUT2D eigenvalue weighted by molar-refractivity contribution is -0.167. The van der Waals surface area contributed by atoms with E-state index in [-0.39, 0.29) is 31.1 Å². The molecule has 0 aromatic rings. The topological polar surface area (TPSA) is 78.9 Å². The molecule has 0 fully saturated rings. The number of ether oxygens (including phenoxy) is 3. The van der Waals surface area contributed by atoms with Gasteiger partial charge < -0.3 is 14.2 Å². The van der Waals surface area contributed by atoms with Crippen molar-refractivity contribution in [1.29, 1.82) is 0 Å². The molecule has 0 spiro atoms. The van der Waals surface area contributed by atoms with E-state index in [9.17, 15) is 14.4 Å². The highest BCUT2D eigenvalue weighted by molar-refractivity contribution is 5.71. The highest BCUT2D eigenvalue weighted by Crippen LogP contribution is 2.17. The number of unbranched alkanes of at least 4 members (excludes halogenated alkanes) is 31. The van der Waals surface area contributed by atoms with E-state index in [1.165, 1.54) is 154 Å². The first-order chi connectivity index (χ1) is 40.5. The maximum absolute atomic E-state index is 12.9. The summed E-state index contributed by atoms with van der Waals surface area (Å²) in [7, 11) is 0. The van der Waals surface area contributed by atoms with Gasteiger partial charge in [-0.2, -0.15) is 0 Å². The average Bonchev–Trinajstić information content (AvgIpc) is 3.47. The first-order valence-corrected chi connectivity index (χ1v) is 34.5. The maximum atomic E-state index is 12.9. The lowest BCUT2D eigenvalue weighted by Crippen LogP contribution is -2.30. The van der Waals surface area contributed by atoms with Gasteiger partial charge in [-0.1, -0.05) is 296 Å². The van der Waals surface area contributed by atoms with Crippen LogP contribution in [-0.2, 0) is 28.6 Å². The van der Waals surface area contributed by atoms with Crippen molar-refractivity contribution in [3.05, 3.63) is 122 Å². The van der Waals surface area contributed by atoms with Crippen LogP contribution < -0.4 is 0 Å². The van der Waals surface area contributed by atoms with Gasteiger partial charge in [0.25, 0.3) is 0 Å². The second kappa shape index (κ2) is 69.3. The zero-order valence-electron chi connectivity index (χ0n) is 53.7. The molecule has 0 aliphatic heterocycles. The smallest absolute Gasteiger partial charge is 0.306 e. The van der Waals surface area contributed by atoms with Gasteiger partial charge in [-0.05, 0) is 128 Å². The average molecular weight is 1140 g/mol. The van der Waals surface area contributed by atoms with E-state index in [4.69, 9.17) is 14.2 Å². The standard InChI is InChI=1S/C76H128O6/c1-4-7-10-13-16-19-22-25-27-29-31-33-35-37-38-40-41-43-45-47-49-51-54-57-60-63-66-69-75(78)81-72-73(71-80-74(77)68-65-62-59-56-53-24-21-18-15-12-9-6-3)82-76(79)70-67-64-61-58-55-52-50-48-46-44-42-39-36-34-32-30-28-26-23-20-17-14-11-8-5-2/h7-8,10-11,16-21,25-28,31-34,39,42,73H,4-6,9,12-15,22-24,29-30,35-38,40-41,43-72H2,1-3H3/b10-7-,11-8-,19-16-,20-17-,21-18-,27-25-,28-26-,33-31-,34-32-,42-39-. The van der Waals surface area contributed by atoms with Gasteiger partial charge in [0, 0.05) is 19.3 Å². The van der Waals surface area contributed by atoms with Gasteiger partial charge in [-0.15, -0.1) is 0 Å². The zero-order chi connectivity index (χ0) is 59.2. The number of carbonyl (C=O) groups excluding carboxylic acids is 3. The van der Waals surface area contributed by atoms with Crippen LogP contribution in [0.25, 0.3) is 0 Å². The second-order valence-corrected chi connectivity index (χ2v) is 22.7. The number of esters is 3. The Morgan fingerprint density at radius 2 is 0.476 bits per heavy atom. The van der Waals surface area contributed by atoms with E-state index in [1.54, 1.807) is 0 Å². The Hall–Kier alpha value is -4.19. The monoisotopic (exact) mass is 1140 g/mol. The van der Waals surface area contributed by atoms with Gasteiger partial charge in [0.15, 0.2) is 6.10 Å². The summed E-state index contributed by atoms with van der Waals surface area (Å²) in [6.45, 7) is 6.40. The number of hydrogen-bond donors (Lipinski definition) is 0. The Bertz CT molecular complexity index is 1690. The molecule has 0 heterocycles. The molecular weight excluding hydrogens is 1010 g/mol. The normalized spacial score (nSPS) is 12.9. The first kappa shape index (κ1) is 77.8. The summed E-state index contributed by atoms with van der Waals surface area (Å²) < 4.78 is 17.0. The molecule has 82 heavy (non-hydrogen) atoms. The predicted molar refractivity (Wildman–Crippen MR) is 357 cm³/mol. The third-order valence-electron chi connectivity index (χ3n) is 14.7. The Labute approximate surface area is 507 Å². The Morgan fingerprint density at radius 3 is 0.756 bits per heavy atom. The fourth-order valence-corrected chi connectivity index (χ4v) is 9.57. The molecule has 0 aliphatic carbocycles. The van der Waals surface area contributed by atoms with Crippen molar-refractivity contribution in [1.82, 2.24) is 0 Å². The molecule has 0 N–H and O–H groups in total. The third-order valence-corrected chi connectivity index (χ3v) is 14.7. The van der Waals surface area contributed by atoms with Crippen molar-refractivity contribution in [2.75, 3.05) is 13.2 Å². The predicted octanol–water partition coefficient (Wildman–Crippen LogP) is 23.9. The zero-order valence-corrected chi connectivity index (χ0v) is 53.7. The molecule has 1 atom stereocenters. The minimum absolute atomic E-state index is 0.0834. The van der Waals surface area contributed by atoms with Crippen molar-refractivity contribution >= 4 is 17.9 Å². The lowest BCUT2D eigenvalue weighted by atomic mass is 10.0. The minimum atomic E-state index is -0.788. The highest BCUT2D eigenvalue weighted by Gasteiger charge is 2.19. The van der Waals surface area contributed by atoms with Crippen molar-refractivity contribution in [2.24, 2.45) is 0 Å². The number of rotatable bonds is 62. The van der Waals surface area contributed by atoms with Gasteiger partial charge in [-0.25, -0.2) is 0 Å². The van der Waals surface area contributed by atoms with Crippen molar-refractivity contribution in [2.45, 2.75) is 329 Å². The summed E-state index contributed by atoms with van der Waals surface area (Å²) in [5, 5.41) is 0. The molecule has 0 saturated carbocycles. The van der Waals surface area contributed by atoms with Crippen LogP contribution in [0.4, 0.5) is 0 Å². The SMILES string of the molecule is CC/C=C\C/C=C\C/C=C\C/C=C\C/C=C\CCCCCCCCCCCC(=O)OC(COC(=O)CCCCCCC/C=C\CCCCC)COC(=O)CCCCCCCCCCCCCCCC/C=C\C/C=C\C/C=C\C/C=C\CC. The van der Waals surface area contributed by atoms with Gasteiger partial charge in [0.05, 0.1) is 0 Å². The van der Waals surface area contributed by atoms with Crippen molar-refractivity contribution in [3.8, 4) is 0 Å². The van der Waals surface area contributed by atoms with E-state index in [0.717, 1.165) is 128 Å². The molecule has 0 saturated heterocycles. The Morgan fingerprint density at radius 1 is 0.256 bits per heavy atom. The van der Waals surface area contributed by atoms with E-state index in [0.29, 0.717) is 19.3 Å². The minimum Gasteiger partial charge on any atom is -0.462 e. The molecule has 6 heteroatoms. The molecule has 0 radical (unpaired) electrons. The van der Waals surface area contributed by atoms with E-state index < -0.39 is 6.10 Å². The molecule has 0 aromatic heterocycles. The summed E-state index contributed by atoms with van der Waals surface area (Å²) >= 11 is 0. The fourth-order valence-electron chi connectivity index (χ4n) is 9.57. The number of allylic oxidation sites excluding steroid dienone is 20. The molecular formula is C76H128O6. The summed E-state index contributed by atoms with van der Waals surface area (Å²) in [4.78, 5) is 38.4. The Kier molecular flexibility index (Phi) is 65.8. The van der Waals surface area contributed by atoms with Crippen LogP contribution in [0.5, 0.6) is 0 Å². The summed E-state index contributed by atoms with van der Waals surface area (Å²) in [5.41, 5.74) is 0. The first-order valence-electron chi connectivity index (χ1n) is 34.5. The largest absolute Gasteiger partial charge is 0.462 e. The summed E-state index contributed by atoms with van der Waals surface area (Å²) in [6.07, 6.45) is 96.5. The fraction of sp³-hybridized carbons (Fsp3) is 0.697. The molecule has 0 aliphatic rings. The quantitative estimate of drug-likeness (QED) is 0.0261. The van der Waals surface area contributed by atoms with Crippen LogP contribution in [0.15, 0.2) is 122 Å². The van der Waals surface area contributed by atoms with Gasteiger partial charge >= 0.3 is 17.9 Å². The molecule has 0 amide bonds. The maximum Gasteiger partial charge on any atom is 0.306 e. The van der Waals surface area contributed by atoms with E-state index >= 15 is 0 Å². The van der Waals surface area contributed by atoms with E-state index in [1.807, 2.05) is 0 Å². The molecule has 468 valence electrons. The van der Waals surface area contributed by atoms with Crippen LogP contribution in [0.1, 0.15) is 323 Å². The number of carbonyl (C=O) groups is 3. The van der Waals surface area contributed by atoms with Crippen LogP contribution >= 0.6 is 0 Å². The second-order valence-electron chi connectivity index (χ2n) is 22.7. The summed E-state index contributed by atoms with van der Waals surface area (Å²) in [6, 6.07) is 0. The molecule has 0 bridgehead atoms. The van der Waals surface area contributed by atoms with Crippen LogP contribution in [0, 0.1) is 0 Å². The van der Waals surface area contributed by atoms with Gasteiger partial charge in [0.2, 0.25) is 0 Å². The Balaban J connectivity index is 4.28. The van der Waals surface area contributed by atoms with Crippen molar-refractivity contribution in [3.63, 3.8) is 0 Å². The van der Waals surface area contributed by atoms with Gasteiger partial charge in [-0.3, -0.25) is 14.4 Å². The molecule has 0 rings (SSSR count). The molecule has 1 unspecified atom stereocenters. The third kappa shape index (κ3) is 66.6. The molecule has 6 nitrogen and oxygen atoms in total. The summed E-state index contributed by atoms with van der Waals surface area (Å²) in [5.74, 6) is -0.890. The van der Waals surface area contributed by atoms with Gasteiger partial charge in [0.1, 0.15) is 13.2 Å². The highest BCUT2D eigenvalue weighted by atomic mass is 16.6. The molecule has 0 aromatic carbocycles. The number of hydrogen-bond acceptors (Lipinski definition) is 6. The lowest BCUT2D eigenvalue weighted by Gasteiger charge is -2.18. The van der Waals surface area contributed by atoms with Crippen LogP contribution in [0.3, 0.4) is 0 Å². The van der Waals surface area contributed by atoms with Crippen LogP contribution in [-0.4, -0.2) is 37.2 Å². The van der Waals surface area contributed by atoms with E-state index in [2.05, 4.69) is 142 Å². The van der Waals surface area contributed by atoms with Crippen LogP contribution in [0.2, 0.25) is 0 Å².